The third-order valence-electron chi connectivity index (χ3n) is 5.86. The summed E-state index contributed by atoms with van der Waals surface area (Å²) in [5.41, 5.74) is 6.19. The van der Waals surface area contributed by atoms with E-state index in [1.807, 2.05) is 44.2 Å². The van der Waals surface area contributed by atoms with Crippen molar-refractivity contribution in [3.63, 3.8) is 0 Å². The van der Waals surface area contributed by atoms with Gasteiger partial charge in [0.25, 0.3) is 0 Å². The van der Waals surface area contributed by atoms with E-state index in [0.717, 1.165) is 41.1 Å². The molecule has 0 radical (unpaired) electrons. The van der Waals surface area contributed by atoms with Crippen molar-refractivity contribution in [1.82, 2.24) is 0 Å². The molecule has 164 valence electrons. The van der Waals surface area contributed by atoms with Crippen molar-refractivity contribution in [1.29, 1.82) is 0 Å². The van der Waals surface area contributed by atoms with Crippen LogP contribution in [0, 0.1) is 0 Å². The van der Waals surface area contributed by atoms with Gasteiger partial charge in [0.05, 0.1) is 11.6 Å². The Morgan fingerprint density at radius 1 is 1.00 bits per heavy atom. The first-order valence-corrected chi connectivity index (χ1v) is 11.6. The largest absolute Gasteiger partial charge is 0.386 e. The lowest BCUT2D eigenvalue weighted by molar-refractivity contribution is 0.0776. The predicted molar refractivity (Wildman–Crippen MR) is 137 cm³/mol. The first-order valence-electron chi connectivity index (χ1n) is 11.2. The molecule has 1 aliphatic rings. The molecule has 0 saturated carbocycles. The zero-order valence-corrected chi connectivity index (χ0v) is 19.4. The van der Waals surface area contributed by atoms with Crippen LogP contribution in [-0.4, -0.2) is 11.1 Å². The summed E-state index contributed by atoms with van der Waals surface area (Å²) < 4.78 is 0. The number of aryl methyl sites for hydroxylation is 2. The van der Waals surface area contributed by atoms with E-state index in [9.17, 15) is 5.11 Å². The van der Waals surface area contributed by atoms with Crippen molar-refractivity contribution in [2.75, 3.05) is 5.32 Å². The maximum atomic E-state index is 10.4. The van der Waals surface area contributed by atoms with Crippen LogP contribution in [0.25, 0.3) is 12.2 Å². The summed E-state index contributed by atoms with van der Waals surface area (Å²) in [6.45, 7) is 3.70. The van der Waals surface area contributed by atoms with E-state index >= 15 is 0 Å². The molecular formula is C29H30ClNO. The minimum atomic E-state index is -0.811. The predicted octanol–water partition coefficient (Wildman–Crippen LogP) is 7.26. The van der Waals surface area contributed by atoms with Crippen LogP contribution in [0.5, 0.6) is 0 Å². The highest BCUT2D eigenvalue weighted by Gasteiger charge is 2.19. The van der Waals surface area contributed by atoms with Gasteiger partial charge in [0, 0.05) is 10.7 Å². The van der Waals surface area contributed by atoms with E-state index in [0.29, 0.717) is 0 Å². The molecule has 3 heteroatoms. The molecule has 1 atom stereocenters. The third kappa shape index (κ3) is 5.70. The number of halogens is 1. The lowest BCUT2D eigenvalue weighted by Crippen LogP contribution is -2.18. The Balaban J connectivity index is 1.37. The maximum Gasteiger partial charge on any atom is 0.0843 e. The zero-order chi connectivity index (χ0) is 22.6. The monoisotopic (exact) mass is 443 g/mol. The van der Waals surface area contributed by atoms with E-state index in [4.69, 9.17) is 11.6 Å². The minimum Gasteiger partial charge on any atom is -0.386 e. The van der Waals surface area contributed by atoms with Crippen LogP contribution in [-0.2, 0) is 18.4 Å². The standard InChI is InChI=1S/C29H30ClNO/c1-29(2,32)27-12-4-3-10-23(27)11-6-9-21-7-5-8-22(19-21)13-17-26-18-15-24-14-16-25(30)20-28(24)31-26/h3-5,7-8,10,12-20,26,31-32H,6,9,11H2,1-2H3/b17-13+. The molecule has 1 unspecified atom stereocenters. The van der Waals surface area contributed by atoms with Crippen LogP contribution in [0.1, 0.15) is 48.1 Å². The second-order valence-electron chi connectivity index (χ2n) is 8.93. The van der Waals surface area contributed by atoms with Gasteiger partial charge in [0.1, 0.15) is 0 Å². The molecule has 3 aromatic carbocycles. The number of fused-ring (bicyclic) bond motifs is 1. The van der Waals surface area contributed by atoms with Crippen molar-refractivity contribution in [2.24, 2.45) is 0 Å². The highest BCUT2D eigenvalue weighted by Crippen LogP contribution is 2.27. The fraction of sp³-hybridized carbons (Fsp3) is 0.241. The van der Waals surface area contributed by atoms with Gasteiger partial charge in [-0.2, -0.15) is 0 Å². The summed E-state index contributed by atoms with van der Waals surface area (Å²) in [4.78, 5) is 0. The molecule has 0 fully saturated rings. The number of hydrogen-bond acceptors (Lipinski definition) is 2. The molecule has 0 spiro atoms. The van der Waals surface area contributed by atoms with E-state index in [1.54, 1.807) is 0 Å². The zero-order valence-electron chi connectivity index (χ0n) is 18.7. The minimum absolute atomic E-state index is 0.142. The van der Waals surface area contributed by atoms with Crippen LogP contribution < -0.4 is 5.32 Å². The molecule has 1 aliphatic heterocycles. The molecule has 0 aliphatic carbocycles. The molecule has 0 bridgehead atoms. The Bertz CT molecular complexity index is 1140. The lowest BCUT2D eigenvalue weighted by atomic mass is 9.90. The molecule has 0 aromatic heterocycles. The summed E-state index contributed by atoms with van der Waals surface area (Å²) in [5, 5.41) is 14.7. The fourth-order valence-electron chi connectivity index (χ4n) is 4.23. The van der Waals surface area contributed by atoms with Gasteiger partial charge in [0.2, 0.25) is 0 Å². The van der Waals surface area contributed by atoms with Gasteiger partial charge < -0.3 is 10.4 Å². The van der Waals surface area contributed by atoms with E-state index in [2.05, 4.69) is 66.0 Å². The molecule has 2 N–H and O–H groups in total. The van der Waals surface area contributed by atoms with Crippen molar-refractivity contribution in [3.8, 4) is 0 Å². The summed E-state index contributed by atoms with van der Waals surface area (Å²) in [6, 6.07) is 23.0. The molecule has 1 heterocycles. The Hall–Kier alpha value is -2.81. The number of hydrogen-bond donors (Lipinski definition) is 2. The Morgan fingerprint density at radius 2 is 1.84 bits per heavy atom. The van der Waals surface area contributed by atoms with Gasteiger partial charge in [-0.3, -0.25) is 0 Å². The molecule has 3 aromatic rings. The molecular weight excluding hydrogens is 414 g/mol. The van der Waals surface area contributed by atoms with Crippen LogP contribution >= 0.6 is 11.6 Å². The van der Waals surface area contributed by atoms with Crippen LogP contribution in [0.2, 0.25) is 5.02 Å². The van der Waals surface area contributed by atoms with Gasteiger partial charge in [-0.1, -0.05) is 90.5 Å². The van der Waals surface area contributed by atoms with Crippen LogP contribution in [0.15, 0.2) is 78.9 Å². The number of rotatable bonds is 7. The number of anilines is 1. The van der Waals surface area contributed by atoms with Gasteiger partial charge in [-0.25, -0.2) is 0 Å². The molecule has 32 heavy (non-hydrogen) atoms. The second-order valence-corrected chi connectivity index (χ2v) is 9.37. The lowest BCUT2D eigenvalue weighted by Gasteiger charge is -2.21. The molecule has 0 amide bonds. The first-order chi connectivity index (χ1) is 15.4. The van der Waals surface area contributed by atoms with Crippen LogP contribution in [0.4, 0.5) is 5.69 Å². The van der Waals surface area contributed by atoms with Gasteiger partial charge in [0.15, 0.2) is 0 Å². The van der Waals surface area contributed by atoms with E-state index < -0.39 is 5.60 Å². The topological polar surface area (TPSA) is 32.3 Å². The van der Waals surface area contributed by atoms with Crippen molar-refractivity contribution in [2.45, 2.75) is 44.8 Å². The summed E-state index contributed by atoms with van der Waals surface area (Å²) in [7, 11) is 0. The van der Waals surface area contributed by atoms with Crippen LogP contribution in [0.3, 0.4) is 0 Å². The third-order valence-corrected chi connectivity index (χ3v) is 6.09. The van der Waals surface area contributed by atoms with Crippen molar-refractivity contribution in [3.05, 3.63) is 112 Å². The molecule has 2 nitrogen and oxygen atoms in total. The van der Waals surface area contributed by atoms with Crippen molar-refractivity contribution < 1.29 is 5.11 Å². The van der Waals surface area contributed by atoms with E-state index in [1.165, 1.54) is 16.7 Å². The Labute approximate surface area is 196 Å². The number of nitrogens with one attached hydrogen (secondary N) is 1. The number of benzene rings is 3. The summed E-state index contributed by atoms with van der Waals surface area (Å²) in [5.74, 6) is 0. The maximum absolute atomic E-state index is 10.4. The second kappa shape index (κ2) is 9.77. The van der Waals surface area contributed by atoms with Gasteiger partial charge in [-0.15, -0.1) is 0 Å². The summed E-state index contributed by atoms with van der Waals surface area (Å²) >= 11 is 6.13. The van der Waals surface area contributed by atoms with Gasteiger partial charge in [-0.05, 0) is 73.1 Å². The smallest absolute Gasteiger partial charge is 0.0843 e. The fourth-order valence-corrected chi connectivity index (χ4v) is 4.40. The average Bonchev–Trinajstić information content (AvgIpc) is 2.77. The summed E-state index contributed by atoms with van der Waals surface area (Å²) in [6.07, 6.45) is 11.7. The highest BCUT2D eigenvalue weighted by atomic mass is 35.5. The Kier molecular flexibility index (Phi) is 6.83. The SMILES string of the molecule is CC(C)(O)c1ccccc1CCCc1cccc(/C=C/C2C=Cc3ccc(Cl)cc3N2)c1. The molecule has 4 rings (SSSR count). The highest BCUT2D eigenvalue weighted by molar-refractivity contribution is 6.31. The van der Waals surface area contributed by atoms with Gasteiger partial charge >= 0.3 is 0 Å². The van der Waals surface area contributed by atoms with E-state index in [-0.39, 0.29) is 6.04 Å². The normalized spacial score (nSPS) is 15.6. The quantitative estimate of drug-likeness (QED) is 0.402. The molecule has 0 saturated heterocycles. The average molecular weight is 444 g/mol. The Morgan fingerprint density at radius 3 is 2.69 bits per heavy atom. The van der Waals surface area contributed by atoms with Crippen molar-refractivity contribution >= 4 is 29.4 Å². The first kappa shape index (κ1) is 22.4. The number of aliphatic hydroxyl groups is 1.